The van der Waals surface area contributed by atoms with E-state index in [1.807, 2.05) is 18.2 Å². The average molecular weight is 379 g/mol. The first-order chi connectivity index (χ1) is 13.6. The van der Waals surface area contributed by atoms with Gasteiger partial charge in [0, 0.05) is 36.8 Å². The highest BCUT2D eigenvalue weighted by atomic mass is 16.4. The lowest BCUT2D eigenvalue weighted by Crippen LogP contribution is -2.31. The molecule has 1 fully saturated rings. The molecular weight excluding hydrogens is 358 g/mol. The van der Waals surface area contributed by atoms with Crippen LogP contribution in [0, 0.1) is 6.92 Å². The molecule has 8 heteroatoms. The van der Waals surface area contributed by atoms with E-state index in [0.29, 0.717) is 41.9 Å². The van der Waals surface area contributed by atoms with E-state index in [-0.39, 0.29) is 5.56 Å². The van der Waals surface area contributed by atoms with Crippen molar-refractivity contribution in [3.05, 3.63) is 63.7 Å². The molecule has 0 spiro atoms. The fraction of sp³-hybridized carbons (Fsp3) is 0.350. The lowest BCUT2D eigenvalue weighted by Gasteiger charge is -2.24. The zero-order chi connectivity index (χ0) is 19.5. The van der Waals surface area contributed by atoms with Crippen molar-refractivity contribution >= 4 is 5.91 Å². The number of aromatic amines is 1. The van der Waals surface area contributed by atoms with Crippen LogP contribution >= 0.6 is 0 Å². The summed E-state index contributed by atoms with van der Waals surface area (Å²) in [4.78, 5) is 33.2. The van der Waals surface area contributed by atoms with Crippen molar-refractivity contribution in [3.8, 4) is 11.4 Å². The number of pyridine rings is 1. The van der Waals surface area contributed by atoms with Gasteiger partial charge in [-0.25, -0.2) is 9.78 Å². The number of carbonyl (C=O) groups is 1. The van der Waals surface area contributed by atoms with Crippen LogP contribution in [0.2, 0.25) is 0 Å². The summed E-state index contributed by atoms with van der Waals surface area (Å²) in [6, 6.07) is 5.50. The summed E-state index contributed by atoms with van der Waals surface area (Å²) >= 11 is 0. The fourth-order valence-electron chi connectivity index (χ4n) is 3.21. The van der Waals surface area contributed by atoms with E-state index in [1.165, 1.54) is 0 Å². The first-order valence-electron chi connectivity index (χ1n) is 9.36. The van der Waals surface area contributed by atoms with Gasteiger partial charge in [0.25, 0.3) is 5.91 Å². The Balaban J connectivity index is 1.37. The van der Waals surface area contributed by atoms with Gasteiger partial charge in [-0.2, -0.15) is 5.10 Å². The minimum Gasteiger partial charge on any atom is -0.427 e. The molecule has 0 saturated heterocycles. The number of nitrogens with one attached hydrogen (secondary N) is 2. The molecule has 3 heterocycles. The minimum atomic E-state index is -0.571. The van der Waals surface area contributed by atoms with Gasteiger partial charge in [-0.05, 0) is 43.5 Å². The Hall–Kier alpha value is -3.29. The van der Waals surface area contributed by atoms with Gasteiger partial charge in [0.05, 0.1) is 0 Å². The van der Waals surface area contributed by atoms with E-state index >= 15 is 0 Å². The van der Waals surface area contributed by atoms with Crippen molar-refractivity contribution in [1.82, 2.24) is 25.5 Å². The highest BCUT2D eigenvalue weighted by Crippen LogP contribution is 2.36. The van der Waals surface area contributed by atoms with Crippen LogP contribution in [0.5, 0.6) is 0 Å². The third-order valence-corrected chi connectivity index (χ3v) is 5.00. The lowest BCUT2D eigenvalue weighted by atomic mass is 9.83. The van der Waals surface area contributed by atoms with Crippen LogP contribution in [-0.2, 0) is 6.42 Å². The van der Waals surface area contributed by atoms with Crippen LogP contribution in [0.15, 0.2) is 39.8 Å². The van der Waals surface area contributed by atoms with Crippen LogP contribution < -0.4 is 10.9 Å². The number of amides is 1. The highest BCUT2D eigenvalue weighted by molar-refractivity contribution is 5.95. The monoisotopic (exact) mass is 379 g/mol. The van der Waals surface area contributed by atoms with Gasteiger partial charge in [0.1, 0.15) is 17.1 Å². The number of hydrogen-bond acceptors (Lipinski definition) is 6. The normalized spacial score (nSPS) is 13.9. The molecule has 1 saturated carbocycles. The minimum absolute atomic E-state index is 0.0664. The predicted octanol–water partition coefficient (Wildman–Crippen LogP) is 2.37. The van der Waals surface area contributed by atoms with Gasteiger partial charge in [-0.15, -0.1) is 0 Å². The Morgan fingerprint density at radius 1 is 1.39 bits per heavy atom. The van der Waals surface area contributed by atoms with Gasteiger partial charge in [-0.1, -0.05) is 6.42 Å². The summed E-state index contributed by atoms with van der Waals surface area (Å²) in [5, 5.41) is 9.77. The SMILES string of the molecule is Cc1cc(C2CCC2)oc(=O)c1C(=O)NCCc1nc(-c2cccnc2)n[nH]1. The largest absolute Gasteiger partial charge is 0.427 e. The number of rotatable bonds is 6. The first-order valence-corrected chi connectivity index (χ1v) is 9.36. The van der Waals surface area contributed by atoms with Gasteiger partial charge >= 0.3 is 5.63 Å². The second kappa shape index (κ2) is 7.75. The molecule has 8 nitrogen and oxygen atoms in total. The maximum atomic E-state index is 12.4. The Labute approximate surface area is 161 Å². The molecule has 144 valence electrons. The Bertz CT molecular complexity index is 1040. The molecule has 0 aliphatic heterocycles. The van der Waals surface area contributed by atoms with Gasteiger partial charge in [0.2, 0.25) is 0 Å². The quantitative estimate of drug-likeness (QED) is 0.680. The maximum Gasteiger partial charge on any atom is 0.349 e. The smallest absolute Gasteiger partial charge is 0.349 e. The van der Waals surface area contributed by atoms with Gasteiger partial charge < -0.3 is 9.73 Å². The molecule has 1 aliphatic rings. The Kier molecular flexibility index (Phi) is 5.01. The van der Waals surface area contributed by atoms with Crippen LogP contribution in [0.4, 0.5) is 0 Å². The molecule has 1 aliphatic carbocycles. The predicted molar refractivity (Wildman–Crippen MR) is 102 cm³/mol. The van der Waals surface area contributed by atoms with Crippen LogP contribution in [0.3, 0.4) is 0 Å². The van der Waals surface area contributed by atoms with Crippen molar-refractivity contribution < 1.29 is 9.21 Å². The molecule has 0 atom stereocenters. The van der Waals surface area contributed by atoms with Crippen molar-refractivity contribution in [2.75, 3.05) is 6.54 Å². The summed E-state index contributed by atoms with van der Waals surface area (Å²) in [7, 11) is 0. The molecule has 3 aromatic heterocycles. The first kappa shape index (κ1) is 18.1. The van der Waals surface area contributed by atoms with Gasteiger partial charge in [0.15, 0.2) is 5.82 Å². The molecule has 0 unspecified atom stereocenters. The van der Waals surface area contributed by atoms with Crippen molar-refractivity contribution in [2.45, 2.75) is 38.5 Å². The lowest BCUT2D eigenvalue weighted by molar-refractivity contribution is 0.0948. The zero-order valence-electron chi connectivity index (χ0n) is 15.6. The van der Waals surface area contributed by atoms with E-state index in [0.717, 1.165) is 24.8 Å². The summed E-state index contributed by atoms with van der Waals surface area (Å²) in [5.74, 6) is 1.76. The average Bonchev–Trinajstić information content (AvgIpc) is 3.09. The topological polar surface area (TPSA) is 114 Å². The van der Waals surface area contributed by atoms with Crippen molar-refractivity contribution in [1.29, 1.82) is 0 Å². The summed E-state index contributed by atoms with van der Waals surface area (Å²) in [5.41, 5.74) is 0.956. The molecule has 0 bridgehead atoms. The number of aromatic nitrogens is 4. The summed E-state index contributed by atoms with van der Waals surface area (Å²) in [6.07, 6.45) is 7.05. The van der Waals surface area contributed by atoms with Crippen LogP contribution in [0.1, 0.15) is 52.7 Å². The van der Waals surface area contributed by atoms with Gasteiger partial charge in [-0.3, -0.25) is 14.9 Å². The maximum absolute atomic E-state index is 12.4. The second-order valence-corrected chi connectivity index (χ2v) is 6.98. The third kappa shape index (κ3) is 3.71. The number of hydrogen-bond donors (Lipinski definition) is 2. The fourth-order valence-corrected chi connectivity index (χ4v) is 3.21. The van der Waals surface area contributed by atoms with E-state index < -0.39 is 11.5 Å². The summed E-state index contributed by atoms with van der Waals surface area (Å²) in [6.45, 7) is 2.09. The number of aryl methyl sites for hydroxylation is 1. The van der Waals surface area contributed by atoms with Crippen LogP contribution in [-0.4, -0.2) is 32.6 Å². The third-order valence-electron chi connectivity index (χ3n) is 5.00. The molecule has 4 rings (SSSR count). The molecule has 3 aromatic rings. The van der Waals surface area contributed by atoms with Crippen molar-refractivity contribution in [2.24, 2.45) is 0 Å². The molecule has 28 heavy (non-hydrogen) atoms. The standard InChI is InChI=1S/C20H21N5O3/c1-12-10-15(13-4-2-5-13)28-20(27)17(12)19(26)22-9-7-16-23-18(25-24-16)14-6-3-8-21-11-14/h3,6,8,10-11,13H,2,4-5,7,9H2,1H3,(H,22,26)(H,23,24,25). The van der Waals surface area contributed by atoms with E-state index in [2.05, 4.69) is 25.5 Å². The second-order valence-electron chi connectivity index (χ2n) is 6.98. The Morgan fingerprint density at radius 3 is 2.93 bits per heavy atom. The summed E-state index contributed by atoms with van der Waals surface area (Å²) < 4.78 is 5.38. The number of nitrogens with zero attached hydrogens (tertiary/aromatic N) is 3. The molecule has 2 N–H and O–H groups in total. The van der Waals surface area contributed by atoms with Crippen molar-refractivity contribution in [3.63, 3.8) is 0 Å². The van der Waals surface area contributed by atoms with E-state index in [1.54, 1.807) is 19.3 Å². The Morgan fingerprint density at radius 2 is 2.25 bits per heavy atom. The van der Waals surface area contributed by atoms with E-state index in [4.69, 9.17) is 4.42 Å². The zero-order valence-corrected chi connectivity index (χ0v) is 15.6. The highest BCUT2D eigenvalue weighted by Gasteiger charge is 2.25. The van der Waals surface area contributed by atoms with Crippen LogP contribution in [0.25, 0.3) is 11.4 Å². The molecule has 0 aromatic carbocycles. The van der Waals surface area contributed by atoms with E-state index in [9.17, 15) is 9.59 Å². The molecule has 0 radical (unpaired) electrons. The molecule has 1 amide bonds. The number of H-pyrrole nitrogens is 1. The number of carbonyl (C=O) groups excluding carboxylic acids is 1. The molecular formula is C20H21N5O3.